The van der Waals surface area contributed by atoms with Gasteiger partial charge in [-0.25, -0.2) is 4.79 Å². The molecule has 0 fully saturated rings. The number of esters is 1. The second-order valence-electron chi connectivity index (χ2n) is 6.03. The molecule has 5 nitrogen and oxygen atoms in total. The minimum absolute atomic E-state index is 0.0663. The zero-order valence-electron chi connectivity index (χ0n) is 15.1. The van der Waals surface area contributed by atoms with Crippen LogP contribution in [-0.2, 0) is 11.3 Å². The van der Waals surface area contributed by atoms with E-state index in [0.29, 0.717) is 17.4 Å². The van der Waals surface area contributed by atoms with Gasteiger partial charge in [-0.15, -0.1) is 0 Å². The topological polar surface area (TPSA) is 57.5 Å². The van der Waals surface area contributed by atoms with Crippen molar-refractivity contribution in [2.75, 3.05) is 13.7 Å². The Hall–Kier alpha value is -3.08. The van der Waals surface area contributed by atoms with Crippen LogP contribution < -0.4 is 10.3 Å². The number of benzene rings is 2. The summed E-state index contributed by atoms with van der Waals surface area (Å²) in [6, 6.07) is 15.4. The highest BCUT2D eigenvalue weighted by Gasteiger charge is 2.24. The maximum Gasteiger partial charge on any atom is 0.347 e. The number of carbonyl (C=O) groups excluding carboxylic acids is 1. The Bertz CT molecular complexity index is 1010. The number of nitrogens with zero attached hydrogens (tertiary/aromatic N) is 1. The molecule has 0 atom stereocenters. The lowest BCUT2D eigenvalue weighted by atomic mass is 10.1. The van der Waals surface area contributed by atoms with Gasteiger partial charge in [-0.3, -0.25) is 4.79 Å². The molecule has 3 rings (SSSR count). The Morgan fingerprint density at radius 3 is 2.50 bits per heavy atom. The van der Waals surface area contributed by atoms with Crippen molar-refractivity contribution in [2.45, 2.75) is 20.4 Å². The van der Waals surface area contributed by atoms with Crippen LogP contribution in [0.4, 0.5) is 0 Å². The Labute approximate surface area is 151 Å². The summed E-state index contributed by atoms with van der Waals surface area (Å²) < 4.78 is 12.2. The number of hydrogen-bond acceptors (Lipinski definition) is 4. The monoisotopic (exact) mass is 351 g/mol. The molecule has 0 unspecified atom stereocenters. The van der Waals surface area contributed by atoms with Gasteiger partial charge in [0.25, 0.3) is 5.56 Å². The fourth-order valence-electron chi connectivity index (χ4n) is 3.06. The molecule has 0 aliphatic heterocycles. The molecule has 0 saturated heterocycles. The van der Waals surface area contributed by atoms with Gasteiger partial charge in [0.1, 0.15) is 5.75 Å². The van der Waals surface area contributed by atoms with Crippen molar-refractivity contribution in [2.24, 2.45) is 0 Å². The third kappa shape index (κ3) is 3.20. The predicted molar refractivity (Wildman–Crippen MR) is 101 cm³/mol. The molecule has 0 aliphatic carbocycles. The highest BCUT2D eigenvalue weighted by Crippen LogP contribution is 2.29. The molecule has 134 valence electrons. The SMILES string of the molecule is CCOC(=O)c1c(OC)c2cc(C)ccc2n(Cc2ccccc2)c1=O. The van der Waals surface area contributed by atoms with Gasteiger partial charge in [-0.2, -0.15) is 0 Å². The van der Waals surface area contributed by atoms with Gasteiger partial charge in [-0.1, -0.05) is 42.0 Å². The standard InChI is InChI=1S/C21H21NO4/c1-4-26-21(24)18-19(25-3)16-12-14(2)10-11-17(16)22(20(18)23)13-15-8-6-5-7-9-15/h5-12H,4,13H2,1-3H3. The van der Waals surface area contributed by atoms with E-state index >= 15 is 0 Å². The molecule has 0 amide bonds. The van der Waals surface area contributed by atoms with E-state index in [9.17, 15) is 9.59 Å². The van der Waals surface area contributed by atoms with Crippen molar-refractivity contribution in [3.8, 4) is 5.75 Å². The molecule has 5 heteroatoms. The zero-order valence-corrected chi connectivity index (χ0v) is 15.1. The highest BCUT2D eigenvalue weighted by molar-refractivity contribution is 6.00. The van der Waals surface area contributed by atoms with Crippen molar-refractivity contribution in [1.82, 2.24) is 4.57 Å². The minimum atomic E-state index is -0.667. The maximum atomic E-state index is 13.2. The summed E-state index contributed by atoms with van der Waals surface area (Å²) in [5, 5.41) is 0.714. The van der Waals surface area contributed by atoms with Crippen LogP contribution in [0, 0.1) is 6.92 Å². The number of aromatic nitrogens is 1. The van der Waals surface area contributed by atoms with E-state index in [0.717, 1.165) is 11.1 Å². The van der Waals surface area contributed by atoms with Crippen LogP contribution in [0.2, 0.25) is 0 Å². The van der Waals surface area contributed by atoms with E-state index < -0.39 is 11.5 Å². The number of rotatable bonds is 5. The lowest BCUT2D eigenvalue weighted by Gasteiger charge is -2.17. The Morgan fingerprint density at radius 2 is 1.85 bits per heavy atom. The van der Waals surface area contributed by atoms with Gasteiger partial charge in [0.15, 0.2) is 5.56 Å². The molecular weight excluding hydrogens is 330 g/mol. The maximum absolute atomic E-state index is 13.2. The average molecular weight is 351 g/mol. The molecule has 0 radical (unpaired) electrons. The molecular formula is C21H21NO4. The summed E-state index contributed by atoms with van der Waals surface area (Å²) in [6.07, 6.45) is 0. The van der Waals surface area contributed by atoms with Crippen molar-refractivity contribution in [3.63, 3.8) is 0 Å². The summed E-state index contributed by atoms with van der Waals surface area (Å²) >= 11 is 0. The summed E-state index contributed by atoms with van der Waals surface area (Å²) in [7, 11) is 1.46. The lowest BCUT2D eigenvalue weighted by molar-refractivity contribution is 0.0520. The first-order valence-corrected chi connectivity index (χ1v) is 8.49. The second-order valence-corrected chi connectivity index (χ2v) is 6.03. The normalized spacial score (nSPS) is 10.7. The van der Waals surface area contributed by atoms with Gasteiger partial charge in [0.05, 0.1) is 25.8 Å². The zero-order chi connectivity index (χ0) is 18.7. The summed E-state index contributed by atoms with van der Waals surface area (Å²) in [4.78, 5) is 25.6. The molecule has 0 saturated carbocycles. The first-order valence-electron chi connectivity index (χ1n) is 8.49. The second kappa shape index (κ2) is 7.44. The smallest absolute Gasteiger partial charge is 0.347 e. The molecule has 0 bridgehead atoms. The fourth-order valence-corrected chi connectivity index (χ4v) is 3.06. The Kier molecular flexibility index (Phi) is 5.07. The number of carbonyl (C=O) groups is 1. The van der Waals surface area contributed by atoms with Crippen LogP contribution in [0.15, 0.2) is 53.3 Å². The van der Waals surface area contributed by atoms with Crippen LogP contribution in [0.5, 0.6) is 5.75 Å². The van der Waals surface area contributed by atoms with Gasteiger partial charge < -0.3 is 14.0 Å². The predicted octanol–water partition coefficient (Wildman–Crippen LogP) is 3.54. The van der Waals surface area contributed by atoms with Gasteiger partial charge in [0.2, 0.25) is 0 Å². The summed E-state index contributed by atoms with van der Waals surface area (Å²) in [6.45, 7) is 4.20. The Morgan fingerprint density at radius 1 is 1.12 bits per heavy atom. The molecule has 0 N–H and O–H groups in total. The molecule has 2 aromatic carbocycles. The van der Waals surface area contributed by atoms with Gasteiger partial charge in [0, 0.05) is 5.39 Å². The summed E-state index contributed by atoms with van der Waals surface area (Å²) in [5.41, 5.74) is 2.21. The number of methoxy groups -OCH3 is 1. The van der Waals surface area contributed by atoms with Crippen LogP contribution in [-0.4, -0.2) is 24.3 Å². The van der Waals surface area contributed by atoms with Crippen molar-refractivity contribution < 1.29 is 14.3 Å². The molecule has 1 heterocycles. The van der Waals surface area contributed by atoms with Crippen LogP contribution in [0.1, 0.15) is 28.4 Å². The van der Waals surface area contributed by atoms with E-state index in [2.05, 4.69) is 0 Å². The molecule has 3 aromatic rings. The van der Waals surface area contributed by atoms with E-state index in [1.807, 2.05) is 55.5 Å². The quantitative estimate of drug-likeness (QED) is 0.660. The minimum Gasteiger partial charge on any atom is -0.495 e. The summed E-state index contributed by atoms with van der Waals surface area (Å²) in [5.74, 6) is -0.406. The molecule has 1 aromatic heterocycles. The van der Waals surface area contributed by atoms with Gasteiger partial charge in [-0.05, 0) is 31.5 Å². The van der Waals surface area contributed by atoms with E-state index in [4.69, 9.17) is 9.47 Å². The van der Waals surface area contributed by atoms with Crippen molar-refractivity contribution >= 4 is 16.9 Å². The number of ether oxygens (including phenoxy) is 2. The first kappa shape index (κ1) is 17.7. The molecule has 26 heavy (non-hydrogen) atoms. The Balaban J connectivity index is 2.33. The van der Waals surface area contributed by atoms with Crippen LogP contribution in [0.3, 0.4) is 0 Å². The highest BCUT2D eigenvalue weighted by atomic mass is 16.5. The average Bonchev–Trinajstić information content (AvgIpc) is 2.64. The number of pyridine rings is 1. The van der Waals surface area contributed by atoms with E-state index in [1.54, 1.807) is 11.5 Å². The lowest BCUT2D eigenvalue weighted by Crippen LogP contribution is -2.29. The third-order valence-electron chi connectivity index (χ3n) is 4.24. The van der Waals surface area contributed by atoms with Crippen LogP contribution in [0.25, 0.3) is 10.9 Å². The first-order chi connectivity index (χ1) is 12.6. The van der Waals surface area contributed by atoms with E-state index in [1.165, 1.54) is 7.11 Å². The largest absolute Gasteiger partial charge is 0.495 e. The number of fused-ring (bicyclic) bond motifs is 1. The van der Waals surface area contributed by atoms with Gasteiger partial charge >= 0.3 is 5.97 Å². The number of hydrogen-bond donors (Lipinski definition) is 0. The number of aryl methyl sites for hydroxylation is 1. The fraction of sp³-hybridized carbons (Fsp3) is 0.238. The van der Waals surface area contributed by atoms with Crippen molar-refractivity contribution in [3.05, 3.63) is 75.6 Å². The van der Waals surface area contributed by atoms with Crippen LogP contribution >= 0.6 is 0 Å². The molecule has 0 aliphatic rings. The van der Waals surface area contributed by atoms with Crippen molar-refractivity contribution in [1.29, 1.82) is 0 Å². The molecule has 0 spiro atoms. The third-order valence-corrected chi connectivity index (χ3v) is 4.24. The van der Waals surface area contributed by atoms with E-state index in [-0.39, 0.29) is 17.9 Å².